The fraction of sp³-hybridized carbons (Fsp3) is 0.833. The van der Waals surface area contributed by atoms with Crippen LogP contribution in [0.5, 0.6) is 0 Å². The second-order valence-electron chi connectivity index (χ2n) is 5.26. The smallest absolute Gasteiger partial charge is 0.248 e. The molecule has 0 aliphatic carbocycles. The van der Waals surface area contributed by atoms with Gasteiger partial charge in [0, 0.05) is 25.8 Å². The predicted octanol–water partition coefficient (Wildman–Crippen LogP) is -0.0617. The molecule has 0 bridgehead atoms. The molecular formula is C12H22N2O4S. The molecule has 0 radical (unpaired) electrons. The molecule has 2 amide bonds. The first-order valence-corrected chi connectivity index (χ1v) is 8.52. The summed E-state index contributed by atoms with van der Waals surface area (Å²) in [5, 5.41) is 2.74. The summed E-state index contributed by atoms with van der Waals surface area (Å²) in [6, 6.07) is 0. The maximum Gasteiger partial charge on any atom is 0.248 e. The average Bonchev–Trinajstić information content (AvgIpc) is 2.39. The first-order valence-electron chi connectivity index (χ1n) is 6.46. The van der Waals surface area contributed by atoms with Crippen LogP contribution in [0, 0.1) is 0 Å². The first-order chi connectivity index (χ1) is 8.68. The van der Waals surface area contributed by atoms with Crippen LogP contribution in [0.3, 0.4) is 0 Å². The van der Waals surface area contributed by atoms with E-state index in [1.165, 1.54) is 6.26 Å². The molecule has 1 rings (SSSR count). The van der Waals surface area contributed by atoms with Crippen LogP contribution < -0.4 is 5.32 Å². The highest BCUT2D eigenvalue weighted by Crippen LogP contribution is 2.17. The molecule has 7 heteroatoms. The lowest BCUT2D eigenvalue weighted by Crippen LogP contribution is -2.54. The van der Waals surface area contributed by atoms with Crippen LogP contribution in [0.15, 0.2) is 0 Å². The summed E-state index contributed by atoms with van der Waals surface area (Å²) in [6.45, 7) is 4.28. The summed E-state index contributed by atoms with van der Waals surface area (Å²) in [4.78, 5) is 25.5. The molecule has 19 heavy (non-hydrogen) atoms. The van der Waals surface area contributed by atoms with Gasteiger partial charge in [-0.25, -0.2) is 8.42 Å². The van der Waals surface area contributed by atoms with E-state index in [0.29, 0.717) is 25.9 Å². The van der Waals surface area contributed by atoms with E-state index in [1.807, 2.05) is 6.92 Å². The maximum absolute atomic E-state index is 12.4. The SMILES string of the molecule is CCC1(C)NC(=O)CCN(CCCS(C)(=O)=O)C1=O. The number of amides is 2. The van der Waals surface area contributed by atoms with Crippen LogP contribution in [-0.4, -0.2) is 55.8 Å². The van der Waals surface area contributed by atoms with E-state index in [4.69, 9.17) is 0 Å². The van der Waals surface area contributed by atoms with E-state index in [0.717, 1.165) is 0 Å². The zero-order valence-corrected chi connectivity index (χ0v) is 12.5. The molecule has 6 nitrogen and oxygen atoms in total. The van der Waals surface area contributed by atoms with Gasteiger partial charge in [-0.2, -0.15) is 0 Å². The van der Waals surface area contributed by atoms with Crippen molar-refractivity contribution in [3.8, 4) is 0 Å². The van der Waals surface area contributed by atoms with Gasteiger partial charge in [0.15, 0.2) is 0 Å². The summed E-state index contributed by atoms with van der Waals surface area (Å²) in [7, 11) is -3.02. The van der Waals surface area contributed by atoms with Crippen LogP contribution in [0.1, 0.15) is 33.1 Å². The van der Waals surface area contributed by atoms with Gasteiger partial charge in [-0.1, -0.05) is 6.92 Å². The highest BCUT2D eigenvalue weighted by atomic mass is 32.2. The molecule has 1 heterocycles. The van der Waals surface area contributed by atoms with Gasteiger partial charge in [0.1, 0.15) is 15.4 Å². The fourth-order valence-corrected chi connectivity index (χ4v) is 2.73. The van der Waals surface area contributed by atoms with Crippen molar-refractivity contribution >= 4 is 21.7 Å². The Hall–Kier alpha value is -1.11. The molecule has 0 aromatic rings. The van der Waals surface area contributed by atoms with Gasteiger partial charge in [-0.15, -0.1) is 0 Å². The monoisotopic (exact) mass is 290 g/mol. The third-order valence-corrected chi connectivity index (χ3v) is 4.46. The minimum atomic E-state index is -3.02. The Bertz CT molecular complexity index is 460. The quantitative estimate of drug-likeness (QED) is 0.769. The second kappa shape index (κ2) is 5.90. The summed E-state index contributed by atoms with van der Waals surface area (Å²) in [6.07, 6.45) is 2.36. The Morgan fingerprint density at radius 2 is 2.00 bits per heavy atom. The van der Waals surface area contributed by atoms with Crippen LogP contribution in [0.4, 0.5) is 0 Å². The molecule has 1 unspecified atom stereocenters. The summed E-state index contributed by atoms with van der Waals surface area (Å²) < 4.78 is 22.2. The van der Waals surface area contributed by atoms with Crippen molar-refractivity contribution in [1.82, 2.24) is 10.2 Å². The number of carbonyl (C=O) groups excluding carboxylic acids is 2. The van der Waals surface area contributed by atoms with Gasteiger partial charge in [0.2, 0.25) is 11.8 Å². The van der Waals surface area contributed by atoms with Crippen molar-refractivity contribution < 1.29 is 18.0 Å². The average molecular weight is 290 g/mol. The molecule has 1 aliphatic rings. The molecule has 1 fully saturated rings. The van der Waals surface area contributed by atoms with Crippen LogP contribution in [0.2, 0.25) is 0 Å². The fourth-order valence-electron chi connectivity index (χ4n) is 2.08. The topological polar surface area (TPSA) is 83.6 Å². The Labute approximate surface area is 114 Å². The predicted molar refractivity (Wildman–Crippen MR) is 72.4 cm³/mol. The number of nitrogens with one attached hydrogen (secondary N) is 1. The Kier molecular flexibility index (Phi) is 4.95. The molecule has 1 N–H and O–H groups in total. The van der Waals surface area contributed by atoms with Gasteiger partial charge in [-0.3, -0.25) is 9.59 Å². The van der Waals surface area contributed by atoms with E-state index in [-0.39, 0.29) is 24.0 Å². The zero-order chi connectivity index (χ0) is 14.7. The van der Waals surface area contributed by atoms with E-state index in [9.17, 15) is 18.0 Å². The normalized spacial score (nSPS) is 25.1. The van der Waals surface area contributed by atoms with Gasteiger partial charge in [0.05, 0.1) is 5.75 Å². The second-order valence-corrected chi connectivity index (χ2v) is 7.52. The number of hydrogen-bond acceptors (Lipinski definition) is 4. The Balaban J connectivity index is 2.71. The van der Waals surface area contributed by atoms with Crippen molar-refractivity contribution in [1.29, 1.82) is 0 Å². The van der Waals surface area contributed by atoms with Gasteiger partial charge >= 0.3 is 0 Å². The molecule has 1 atom stereocenters. The molecule has 0 aromatic carbocycles. The minimum Gasteiger partial charge on any atom is -0.342 e. The van der Waals surface area contributed by atoms with Crippen molar-refractivity contribution in [3.63, 3.8) is 0 Å². The van der Waals surface area contributed by atoms with Gasteiger partial charge in [0.25, 0.3) is 0 Å². The summed E-state index contributed by atoms with van der Waals surface area (Å²) >= 11 is 0. The van der Waals surface area contributed by atoms with E-state index >= 15 is 0 Å². The molecule has 0 spiro atoms. The number of nitrogens with zero attached hydrogens (tertiary/aromatic N) is 1. The van der Waals surface area contributed by atoms with Crippen LogP contribution in [0.25, 0.3) is 0 Å². The Morgan fingerprint density at radius 3 is 2.53 bits per heavy atom. The van der Waals surface area contributed by atoms with E-state index in [2.05, 4.69) is 5.32 Å². The highest BCUT2D eigenvalue weighted by molar-refractivity contribution is 7.90. The molecule has 0 saturated carbocycles. The van der Waals surface area contributed by atoms with Crippen molar-refractivity contribution in [3.05, 3.63) is 0 Å². The molecule has 0 aromatic heterocycles. The molecule has 110 valence electrons. The lowest BCUT2D eigenvalue weighted by Gasteiger charge is -2.31. The number of rotatable bonds is 5. The third-order valence-electron chi connectivity index (χ3n) is 3.43. The Morgan fingerprint density at radius 1 is 1.37 bits per heavy atom. The van der Waals surface area contributed by atoms with Crippen LogP contribution >= 0.6 is 0 Å². The standard InChI is InChI=1S/C12H22N2O4S/c1-4-12(2)11(16)14(8-6-10(15)13-12)7-5-9-19(3,17)18/h4-9H2,1-3H3,(H,13,15). The largest absolute Gasteiger partial charge is 0.342 e. The lowest BCUT2D eigenvalue weighted by atomic mass is 9.97. The number of sulfone groups is 1. The van der Waals surface area contributed by atoms with Gasteiger partial charge in [-0.05, 0) is 19.8 Å². The van der Waals surface area contributed by atoms with E-state index in [1.54, 1.807) is 11.8 Å². The first kappa shape index (κ1) is 15.9. The van der Waals surface area contributed by atoms with Crippen molar-refractivity contribution in [2.24, 2.45) is 0 Å². The molecular weight excluding hydrogens is 268 g/mol. The third kappa shape index (κ3) is 4.49. The summed E-state index contributed by atoms with van der Waals surface area (Å²) in [5.74, 6) is -0.210. The highest BCUT2D eigenvalue weighted by Gasteiger charge is 2.38. The number of hydrogen-bond donors (Lipinski definition) is 1. The number of carbonyl (C=O) groups is 2. The van der Waals surface area contributed by atoms with Crippen LogP contribution in [-0.2, 0) is 19.4 Å². The minimum absolute atomic E-state index is 0.0565. The van der Waals surface area contributed by atoms with Crippen molar-refractivity contribution in [2.45, 2.75) is 38.6 Å². The molecule has 1 aliphatic heterocycles. The zero-order valence-electron chi connectivity index (χ0n) is 11.7. The van der Waals surface area contributed by atoms with Gasteiger partial charge < -0.3 is 10.2 Å². The maximum atomic E-state index is 12.4. The van der Waals surface area contributed by atoms with Crippen molar-refractivity contribution in [2.75, 3.05) is 25.1 Å². The summed E-state index contributed by atoms with van der Waals surface area (Å²) in [5.41, 5.74) is -0.876. The lowest BCUT2D eigenvalue weighted by molar-refractivity contribution is -0.138. The molecule has 1 saturated heterocycles. The van der Waals surface area contributed by atoms with E-state index < -0.39 is 15.4 Å².